The van der Waals surface area contributed by atoms with Crippen LogP contribution in [0.2, 0.25) is 0 Å². The summed E-state index contributed by atoms with van der Waals surface area (Å²) in [6, 6.07) is 3.45. The van der Waals surface area contributed by atoms with Crippen molar-refractivity contribution in [2.24, 2.45) is 0 Å². The van der Waals surface area contributed by atoms with Crippen LogP contribution < -0.4 is 11.0 Å². The minimum Gasteiger partial charge on any atom is -0.345 e. The summed E-state index contributed by atoms with van der Waals surface area (Å²) in [4.78, 5) is 31.8. The monoisotopic (exact) mass is 346 g/mol. The first-order chi connectivity index (χ1) is 11.2. The quantitative estimate of drug-likeness (QED) is 0.739. The number of hydrogen-bond acceptors (Lipinski definition) is 6. The molecule has 3 rings (SSSR count). The van der Waals surface area contributed by atoms with Gasteiger partial charge in [0.2, 0.25) is 5.91 Å². The molecule has 118 valence electrons. The molecule has 0 aromatic carbocycles. The maximum Gasteiger partial charge on any atom is 0.347 e. The topological polar surface area (TPSA) is 76.9 Å². The Hall–Kier alpha value is -2.32. The van der Waals surface area contributed by atoms with Crippen molar-refractivity contribution in [1.82, 2.24) is 19.9 Å². The van der Waals surface area contributed by atoms with E-state index in [1.807, 2.05) is 16.8 Å². The van der Waals surface area contributed by atoms with Gasteiger partial charge in [-0.05, 0) is 28.5 Å². The van der Waals surface area contributed by atoms with Gasteiger partial charge >= 0.3 is 5.69 Å². The maximum absolute atomic E-state index is 12.3. The number of amides is 1. The van der Waals surface area contributed by atoms with Crippen molar-refractivity contribution in [2.45, 2.75) is 19.0 Å². The van der Waals surface area contributed by atoms with Crippen LogP contribution in [0.5, 0.6) is 0 Å². The van der Waals surface area contributed by atoms with E-state index >= 15 is 0 Å². The van der Waals surface area contributed by atoms with Gasteiger partial charge in [0.25, 0.3) is 0 Å². The van der Waals surface area contributed by atoms with Crippen LogP contribution in [0.3, 0.4) is 0 Å². The molecule has 0 spiro atoms. The Morgan fingerprint density at radius 2 is 2.22 bits per heavy atom. The highest BCUT2D eigenvalue weighted by Crippen LogP contribution is 2.21. The van der Waals surface area contributed by atoms with Crippen LogP contribution in [-0.2, 0) is 17.8 Å². The molecule has 0 fully saturated rings. The lowest BCUT2D eigenvalue weighted by Crippen LogP contribution is -2.35. The molecule has 23 heavy (non-hydrogen) atoms. The second-order valence-electron chi connectivity index (χ2n) is 4.86. The number of rotatable bonds is 6. The van der Waals surface area contributed by atoms with E-state index < -0.39 is 5.69 Å². The summed E-state index contributed by atoms with van der Waals surface area (Å²) in [5, 5.41) is 9.75. The Balaban J connectivity index is 1.72. The fraction of sp³-hybridized carbons (Fsp3) is 0.200. The molecule has 0 bridgehead atoms. The molecule has 3 aromatic rings. The standard InChI is InChI=1S/C15H14N4O2S2/c20-13(9-19-5-1-3-17-15(19)21)18-12(14-16-4-7-23-14)8-11-2-6-22-10-11/h1-7,10,12H,8-9H2,(H,18,20)/t12-/m1/s1. The van der Waals surface area contributed by atoms with Crippen molar-refractivity contribution in [2.75, 3.05) is 0 Å². The molecule has 3 heterocycles. The Labute approximate surface area is 140 Å². The minimum atomic E-state index is -0.439. The largest absolute Gasteiger partial charge is 0.347 e. The molecule has 1 amide bonds. The van der Waals surface area contributed by atoms with Crippen molar-refractivity contribution in [1.29, 1.82) is 0 Å². The van der Waals surface area contributed by atoms with E-state index in [0.29, 0.717) is 6.42 Å². The van der Waals surface area contributed by atoms with Gasteiger partial charge in [0.15, 0.2) is 0 Å². The zero-order valence-corrected chi connectivity index (χ0v) is 13.7. The Morgan fingerprint density at radius 1 is 1.30 bits per heavy atom. The number of nitrogens with one attached hydrogen (secondary N) is 1. The predicted octanol–water partition coefficient (Wildman–Crippen LogP) is 1.86. The third-order valence-corrected chi connectivity index (χ3v) is 4.82. The first kappa shape index (κ1) is 15.6. The van der Waals surface area contributed by atoms with Crippen LogP contribution in [0, 0.1) is 0 Å². The summed E-state index contributed by atoms with van der Waals surface area (Å²) in [6.07, 6.45) is 5.35. The zero-order valence-electron chi connectivity index (χ0n) is 12.1. The third kappa shape index (κ3) is 4.11. The summed E-state index contributed by atoms with van der Waals surface area (Å²) < 4.78 is 1.28. The van der Waals surface area contributed by atoms with Gasteiger partial charge in [-0.2, -0.15) is 11.3 Å². The second kappa shape index (κ2) is 7.30. The van der Waals surface area contributed by atoms with Gasteiger partial charge in [-0.25, -0.2) is 14.8 Å². The highest BCUT2D eigenvalue weighted by molar-refractivity contribution is 7.09. The van der Waals surface area contributed by atoms with Crippen LogP contribution >= 0.6 is 22.7 Å². The predicted molar refractivity (Wildman–Crippen MR) is 89.5 cm³/mol. The van der Waals surface area contributed by atoms with Crippen molar-refractivity contribution in [3.8, 4) is 0 Å². The smallest absolute Gasteiger partial charge is 0.345 e. The molecule has 0 saturated carbocycles. The summed E-state index contributed by atoms with van der Waals surface area (Å²) in [7, 11) is 0. The number of hydrogen-bond donors (Lipinski definition) is 1. The Morgan fingerprint density at radius 3 is 2.91 bits per heavy atom. The summed E-state index contributed by atoms with van der Waals surface area (Å²) in [5.74, 6) is -0.240. The SMILES string of the molecule is O=C(Cn1cccnc1=O)N[C@H](Cc1ccsc1)c1nccs1. The fourth-order valence-electron chi connectivity index (χ4n) is 2.15. The highest BCUT2D eigenvalue weighted by atomic mass is 32.1. The van der Waals surface area contributed by atoms with Crippen molar-refractivity contribution < 1.29 is 4.79 Å². The van der Waals surface area contributed by atoms with Crippen LogP contribution in [0.1, 0.15) is 16.6 Å². The maximum atomic E-state index is 12.3. The number of carbonyl (C=O) groups is 1. The number of nitrogens with zero attached hydrogens (tertiary/aromatic N) is 3. The molecule has 1 N–H and O–H groups in total. The third-order valence-electron chi connectivity index (χ3n) is 3.20. The van der Waals surface area contributed by atoms with Crippen molar-refractivity contribution in [3.05, 3.63) is 67.9 Å². The average molecular weight is 346 g/mol. The number of aromatic nitrogens is 3. The fourth-order valence-corrected chi connectivity index (χ4v) is 3.52. The lowest BCUT2D eigenvalue weighted by Gasteiger charge is -2.16. The lowest BCUT2D eigenvalue weighted by molar-refractivity contribution is -0.122. The van der Waals surface area contributed by atoms with Gasteiger partial charge in [-0.1, -0.05) is 0 Å². The van der Waals surface area contributed by atoms with Gasteiger partial charge in [0, 0.05) is 30.4 Å². The summed E-state index contributed by atoms with van der Waals surface area (Å²) >= 11 is 3.12. The van der Waals surface area contributed by atoms with Crippen molar-refractivity contribution in [3.63, 3.8) is 0 Å². The summed E-state index contributed by atoms with van der Waals surface area (Å²) in [6.45, 7) is -0.0574. The summed E-state index contributed by atoms with van der Waals surface area (Å²) in [5.41, 5.74) is 0.709. The van der Waals surface area contributed by atoms with Gasteiger partial charge in [-0.15, -0.1) is 11.3 Å². The van der Waals surface area contributed by atoms with Crippen LogP contribution in [0.25, 0.3) is 0 Å². The molecular weight excluding hydrogens is 332 g/mol. The van der Waals surface area contributed by atoms with Gasteiger partial charge in [0.05, 0.1) is 6.04 Å². The van der Waals surface area contributed by atoms with E-state index in [1.54, 1.807) is 29.8 Å². The zero-order chi connectivity index (χ0) is 16.1. The van der Waals surface area contributed by atoms with Crippen LogP contribution in [0.15, 0.2) is 51.7 Å². The molecule has 0 saturated heterocycles. The average Bonchev–Trinajstić information content (AvgIpc) is 3.22. The molecule has 0 unspecified atom stereocenters. The van der Waals surface area contributed by atoms with E-state index in [4.69, 9.17) is 0 Å². The Bertz CT molecular complexity index is 812. The van der Waals surface area contributed by atoms with Gasteiger partial charge < -0.3 is 5.32 Å². The van der Waals surface area contributed by atoms with Gasteiger partial charge in [0.1, 0.15) is 11.6 Å². The highest BCUT2D eigenvalue weighted by Gasteiger charge is 2.18. The molecule has 0 aliphatic rings. The number of thiazole rings is 1. The first-order valence-corrected chi connectivity index (χ1v) is 8.76. The second-order valence-corrected chi connectivity index (χ2v) is 6.56. The molecule has 3 aromatic heterocycles. The molecule has 0 aliphatic carbocycles. The van der Waals surface area contributed by atoms with E-state index in [0.717, 1.165) is 10.6 Å². The van der Waals surface area contributed by atoms with E-state index in [2.05, 4.69) is 20.7 Å². The molecule has 0 radical (unpaired) electrons. The number of thiophene rings is 1. The molecule has 8 heteroatoms. The molecular formula is C15H14N4O2S2. The van der Waals surface area contributed by atoms with Gasteiger partial charge in [-0.3, -0.25) is 9.36 Å². The van der Waals surface area contributed by atoms with Crippen LogP contribution in [-0.4, -0.2) is 20.4 Å². The number of carbonyl (C=O) groups excluding carboxylic acids is 1. The van der Waals surface area contributed by atoms with E-state index in [-0.39, 0.29) is 18.5 Å². The van der Waals surface area contributed by atoms with E-state index in [9.17, 15) is 9.59 Å². The first-order valence-electron chi connectivity index (χ1n) is 6.93. The van der Waals surface area contributed by atoms with E-state index in [1.165, 1.54) is 22.1 Å². The Kier molecular flexibility index (Phi) is 4.94. The minimum absolute atomic E-state index is 0.0574. The molecule has 1 atom stereocenters. The van der Waals surface area contributed by atoms with Crippen LogP contribution in [0.4, 0.5) is 0 Å². The lowest BCUT2D eigenvalue weighted by atomic mass is 10.1. The normalized spacial score (nSPS) is 12.0. The molecule has 6 nitrogen and oxygen atoms in total. The molecule has 0 aliphatic heterocycles. The van der Waals surface area contributed by atoms with Crippen molar-refractivity contribution >= 4 is 28.6 Å².